The summed E-state index contributed by atoms with van der Waals surface area (Å²) in [6.45, 7) is 1.71. The molecule has 112 valence electrons. The minimum absolute atomic E-state index is 0.0367. The second-order valence-corrected chi connectivity index (χ2v) is 6.39. The average molecular weight is 330 g/mol. The lowest BCUT2D eigenvalue weighted by atomic mass is 10.1. The van der Waals surface area contributed by atoms with Gasteiger partial charge >= 0.3 is 5.97 Å². The molecule has 0 spiro atoms. The number of nitrogens with one attached hydrogen (secondary N) is 1. The SMILES string of the molecule is Cc1ccc(NS(=O)(=O)c2c(Cl)cnn2C)c(C(=O)O)c1. The van der Waals surface area contributed by atoms with Crippen molar-refractivity contribution in [2.24, 2.45) is 7.05 Å². The van der Waals surface area contributed by atoms with Gasteiger partial charge in [0.1, 0.15) is 0 Å². The summed E-state index contributed by atoms with van der Waals surface area (Å²) in [5.41, 5.74) is 0.524. The minimum Gasteiger partial charge on any atom is -0.478 e. The highest BCUT2D eigenvalue weighted by atomic mass is 35.5. The number of benzene rings is 1. The Bertz CT molecular complexity index is 794. The van der Waals surface area contributed by atoms with Crippen LogP contribution in [0.15, 0.2) is 29.4 Å². The molecule has 2 aromatic rings. The number of hydrogen-bond acceptors (Lipinski definition) is 4. The topological polar surface area (TPSA) is 101 Å². The number of aryl methyl sites for hydroxylation is 2. The number of rotatable bonds is 4. The van der Waals surface area contributed by atoms with Crippen molar-refractivity contribution in [2.45, 2.75) is 11.9 Å². The van der Waals surface area contributed by atoms with Gasteiger partial charge in [-0.2, -0.15) is 13.5 Å². The molecule has 0 bridgehead atoms. The van der Waals surface area contributed by atoms with E-state index in [9.17, 15) is 13.2 Å². The zero-order chi connectivity index (χ0) is 15.8. The molecule has 0 fully saturated rings. The van der Waals surface area contributed by atoms with Crippen LogP contribution >= 0.6 is 11.6 Å². The lowest BCUT2D eigenvalue weighted by Crippen LogP contribution is -2.19. The number of aromatic carboxylic acids is 1. The normalized spacial score (nSPS) is 11.4. The summed E-state index contributed by atoms with van der Waals surface area (Å²) < 4.78 is 28.0. The molecular formula is C12H12ClN3O4S. The minimum atomic E-state index is -4.05. The number of nitrogens with zero attached hydrogens (tertiary/aromatic N) is 2. The summed E-state index contributed by atoms with van der Waals surface area (Å²) in [6.07, 6.45) is 1.20. The molecular weight excluding hydrogens is 318 g/mol. The third kappa shape index (κ3) is 3.01. The largest absolute Gasteiger partial charge is 0.478 e. The number of halogens is 1. The predicted molar refractivity (Wildman–Crippen MR) is 77.2 cm³/mol. The van der Waals surface area contributed by atoms with Gasteiger partial charge in [0.05, 0.1) is 22.5 Å². The molecule has 0 saturated heterocycles. The van der Waals surface area contributed by atoms with Crippen molar-refractivity contribution in [1.82, 2.24) is 9.78 Å². The second-order valence-electron chi connectivity index (χ2n) is 4.38. The van der Waals surface area contributed by atoms with E-state index in [2.05, 4.69) is 9.82 Å². The van der Waals surface area contributed by atoms with Crippen molar-refractivity contribution in [3.8, 4) is 0 Å². The van der Waals surface area contributed by atoms with Gasteiger partial charge < -0.3 is 5.11 Å². The summed E-state index contributed by atoms with van der Waals surface area (Å²) in [5, 5.41) is 12.6. The van der Waals surface area contributed by atoms with Crippen LogP contribution in [0.2, 0.25) is 5.02 Å². The molecule has 1 aromatic carbocycles. The van der Waals surface area contributed by atoms with E-state index in [4.69, 9.17) is 16.7 Å². The van der Waals surface area contributed by atoms with E-state index in [1.165, 1.54) is 25.4 Å². The van der Waals surface area contributed by atoms with E-state index in [0.29, 0.717) is 5.56 Å². The lowest BCUT2D eigenvalue weighted by Gasteiger charge is -2.11. The molecule has 21 heavy (non-hydrogen) atoms. The average Bonchev–Trinajstić information content (AvgIpc) is 2.71. The number of aromatic nitrogens is 2. The van der Waals surface area contributed by atoms with Crippen LogP contribution < -0.4 is 4.72 Å². The molecule has 2 rings (SSSR count). The number of anilines is 1. The molecule has 2 N–H and O–H groups in total. The fraction of sp³-hybridized carbons (Fsp3) is 0.167. The summed E-state index contributed by atoms with van der Waals surface area (Å²) in [7, 11) is -2.62. The van der Waals surface area contributed by atoms with Crippen molar-refractivity contribution in [3.63, 3.8) is 0 Å². The van der Waals surface area contributed by atoms with Crippen LogP contribution in [0, 0.1) is 6.92 Å². The zero-order valence-corrected chi connectivity index (χ0v) is 12.7. The Morgan fingerprint density at radius 2 is 2.10 bits per heavy atom. The molecule has 0 aliphatic rings. The van der Waals surface area contributed by atoms with Crippen LogP contribution in [0.4, 0.5) is 5.69 Å². The molecule has 0 unspecified atom stereocenters. The first-order valence-electron chi connectivity index (χ1n) is 5.76. The standard InChI is InChI=1S/C12H12ClN3O4S/c1-7-3-4-10(8(5-7)12(17)18)15-21(19,20)11-9(13)6-14-16(11)2/h3-6,15H,1-2H3,(H,17,18). The maximum Gasteiger partial charge on any atom is 0.337 e. The van der Waals surface area contributed by atoms with E-state index < -0.39 is 16.0 Å². The zero-order valence-electron chi connectivity index (χ0n) is 11.2. The van der Waals surface area contributed by atoms with E-state index in [-0.39, 0.29) is 21.3 Å². The van der Waals surface area contributed by atoms with Gasteiger partial charge in [0, 0.05) is 7.05 Å². The van der Waals surface area contributed by atoms with Crippen LogP contribution in [0.25, 0.3) is 0 Å². The van der Waals surface area contributed by atoms with Crippen LogP contribution in [0.5, 0.6) is 0 Å². The third-order valence-corrected chi connectivity index (χ3v) is 4.62. The first-order chi connectivity index (χ1) is 9.72. The molecule has 7 nitrogen and oxygen atoms in total. The van der Waals surface area contributed by atoms with Gasteiger partial charge in [0.15, 0.2) is 5.03 Å². The molecule has 9 heteroatoms. The predicted octanol–water partition coefficient (Wildman–Crippen LogP) is 1.88. The van der Waals surface area contributed by atoms with Gasteiger partial charge in [-0.15, -0.1) is 0 Å². The molecule has 0 aliphatic heterocycles. The molecule has 1 heterocycles. The monoisotopic (exact) mass is 329 g/mol. The summed E-state index contributed by atoms with van der Waals surface area (Å²) in [4.78, 5) is 11.2. The van der Waals surface area contributed by atoms with E-state index in [0.717, 1.165) is 4.68 Å². The maximum absolute atomic E-state index is 12.3. The Labute approximate surface area is 126 Å². The van der Waals surface area contributed by atoms with Crippen molar-refractivity contribution in [2.75, 3.05) is 4.72 Å². The van der Waals surface area contributed by atoms with Gasteiger partial charge in [0.25, 0.3) is 10.0 Å². The summed E-state index contributed by atoms with van der Waals surface area (Å²) in [5.74, 6) is -1.23. The fourth-order valence-corrected chi connectivity index (χ4v) is 3.56. The Morgan fingerprint density at radius 1 is 1.43 bits per heavy atom. The number of sulfonamides is 1. The molecule has 0 atom stereocenters. The van der Waals surface area contributed by atoms with E-state index in [1.807, 2.05) is 0 Å². The van der Waals surface area contributed by atoms with Crippen LogP contribution in [0.3, 0.4) is 0 Å². The highest BCUT2D eigenvalue weighted by Gasteiger charge is 2.24. The van der Waals surface area contributed by atoms with Crippen LogP contribution in [-0.2, 0) is 17.1 Å². The first kappa shape index (κ1) is 15.3. The van der Waals surface area contributed by atoms with Crippen molar-refractivity contribution >= 4 is 33.3 Å². The van der Waals surface area contributed by atoms with Gasteiger partial charge in [-0.25, -0.2) is 4.79 Å². The Hall–Kier alpha value is -2.06. The highest BCUT2D eigenvalue weighted by Crippen LogP contribution is 2.25. The third-order valence-electron chi connectivity index (χ3n) is 2.75. The van der Waals surface area contributed by atoms with Crippen molar-refractivity contribution < 1.29 is 18.3 Å². The first-order valence-corrected chi connectivity index (χ1v) is 7.63. The second kappa shape index (κ2) is 5.38. The van der Waals surface area contributed by atoms with Crippen LogP contribution in [0.1, 0.15) is 15.9 Å². The lowest BCUT2D eigenvalue weighted by molar-refractivity contribution is 0.0698. The van der Waals surface area contributed by atoms with Gasteiger partial charge in [-0.1, -0.05) is 23.2 Å². The number of hydrogen-bond donors (Lipinski definition) is 2. The molecule has 0 saturated carbocycles. The van der Waals surface area contributed by atoms with Gasteiger partial charge in [-0.3, -0.25) is 9.40 Å². The quantitative estimate of drug-likeness (QED) is 0.891. The summed E-state index contributed by atoms with van der Waals surface area (Å²) >= 11 is 5.80. The Kier molecular flexibility index (Phi) is 3.93. The molecule has 1 aromatic heterocycles. The van der Waals surface area contributed by atoms with Crippen molar-refractivity contribution in [3.05, 3.63) is 40.5 Å². The molecule has 0 aliphatic carbocycles. The smallest absolute Gasteiger partial charge is 0.337 e. The van der Waals surface area contributed by atoms with Crippen LogP contribution in [-0.4, -0.2) is 29.3 Å². The Balaban J connectivity index is 2.50. The number of carboxylic acids is 1. The Morgan fingerprint density at radius 3 is 2.62 bits per heavy atom. The van der Waals surface area contributed by atoms with E-state index in [1.54, 1.807) is 13.0 Å². The van der Waals surface area contributed by atoms with Gasteiger partial charge in [0.2, 0.25) is 0 Å². The fourth-order valence-electron chi connectivity index (χ4n) is 1.82. The van der Waals surface area contributed by atoms with Gasteiger partial charge in [-0.05, 0) is 19.1 Å². The number of carboxylic acid groups (broad SMARTS) is 1. The van der Waals surface area contributed by atoms with E-state index >= 15 is 0 Å². The maximum atomic E-state index is 12.3. The van der Waals surface area contributed by atoms with Crippen molar-refractivity contribution in [1.29, 1.82) is 0 Å². The highest BCUT2D eigenvalue weighted by molar-refractivity contribution is 7.92. The summed E-state index contributed by atoms with van der Waals surface area (Å²) in [6, 6.07) is 4.38. The molecule has 0 amide bonds. The number of carbonyl (C=O) groups is 1. The molecule has 0 radical (unpaired) electrons.